The van der Waals surface area contributed by atoms with Crippen LogP contribution >= 0.6 is 0 Å². The van der Waals surface area contributed by atoms with Crippen LogP contribution in [-0.2, 0) is 17.8 Å². The average molecular weight is 351 g/mol. The molecule has 1 aliphatic heterocycles. The Hall–Kier alpha value is -2.10. The fourth-order valence-electron chi connectivity index (χ4n) is 4.18. The summed E-state index contributed by atoms with van der Waals surface area (Å²) in [7, 11) is 0. The number of aryl methyl sites for hydroxylation is 1. The van der Waals surface area contributed by atoms with E-state index in [1.807, 2.05) is 6.20 Å². The van der Waals surface area contributed by atoms with Gasteiger partial charge in [0.05, 0.1) is 0 Å². The zero-order valence-electron chi connectivity index (χ0n) is 15.7. The van der Waals surface area contributed by atoms with Crippen molar-refractivity contribution < 1.29 is 4.79 Å². The topological polar surface area (TPSA) is 38.1 Å². The van der Waals surface area contributed by atoms with Crippen molar-refractivity contribution in [2.45, 2.75) is 52.0 Å². The molecule has 1 saturated heterocycles. The van der Waals surface area contributed by atoms with E-state index in [1.165, 1.54) is 23.5 Å². The molecule has 2 aromatic rings. The smallest absolute Gasteiger partial charge is 0.225 e. The molecular weight excluding hydrogens is 322 g/mol. The van der Waals surface area contributed by atoms with Gasteiger partial charge >= 0.3 is 0 Å². The van der Waals surface area contributed by atoms with Crippen LogP contribution in [0.15, 0.2) is 36.5 Å². The maximum absolute atomic E-state index is 12.4. The van der Waals surface area contributed by atoms with Crippen molar-refractivity contribution in [3.8, 4) is 0 Å². The minimum absolute atomic E-state index is 0.332. The number of amides is 1. The zero-order chi connectivity index (χ0) is 17.9. The molecule has 0 radical (unpaired) electrons. The van der Waals surface area contributed by atoms with Crippen molar-refractivity contribution in [2.75, 3.05) is 13.1 Å². The molecule has 0 N–H and O–H groups in total. The molecular formula is C22H29N3O. The molecule has 2 fully saturated rings. The molecule has 1 aliphatic carbocycles. The molecule has 2 heterocycles. The van der Waals surface area contributed by atoms with Gasteiger partial charge in [-0.15, -0.1) is 0 Å². The second-order valence-electron chi connectivity index (χ2n) is 7.99. The highest BCUT2D eigenvalue weighted by molar-refractivity contribution is 5.79. The fraction of sp³-hybridized carbons (Fsp3) is 0.545. The molecule has 4 rings (SSSR count). The van der Waals surface area contributed by atoms with Gasteiger partial charge in [0, 0.05) is 43.9 Å². The minimum Gasteiger partial charge on any atom is -0.342 e. The predicted octanol–water partition coefficient (Wildman–Crippen LogP) is 3.82. The van der Waals surface area contributed by atoms with Gasteiger partial charge in [0.1, 0.15) is 5.82 Å². The van der Waals surface area contributed by atoms with Gasteiger partial charge in [-0.05, 0) is 44.1 Å². The van der Waals surface area contributed by atoms with Crippen molar-refractivity contribution >= 4 is 5.91 Å². The van der Waals surface area contributed by atoms with Crippen LogP contribution < -0.4 is 0 Å². The van der Waals surface area contributed by atoms with Crippen LogP contribution in [0.25, 0.3) is 0 Å². The summed E-state index contributed by atoms with van der Waals surface area (Å²) in [6.45, 7) is 4.89. The number of hydrogen-bond donors (Lipinski definition) is 0. The van der Waals surface area contributed by atoms with Crippen LogP contribution in [0.4, 0.5) is 0 Å². The van der Waals surface area contributed by atoms with Crippen LogP contribution in [0, 0.1) is 18.8 Å². The zero-order valence-corrected chi connectivity index (χ0v) is 15.7. The first-order valence-corrected chi connectivity index (χ1v) is 10.0. The minimum atomic E-state index is 0.332. The molecule has 0 spiro atoms. The highest BCUT2D eigenvalue weighted by atomic mass is 16.2. The van der Waals surface area contributed by atoms with E-state index in [4.69, 9.17) is 4.98 Å². The number of carbonyl (C=O) groups is 1. The van der Waals surface area contributed by atoms with Gasteiger partial charge in [0.15, 0.2) is 0 Å². The lowest BCUT2D eigenvalue weighted by molar-refractivity contribution is -0.139. The molecule has 1 aromatic carbocycles. The molecule has 2 aliphatic rings. The second kappa shape index (κ2) is 7.65. The molecule has 4 heteroatoms. The highest BCUT2D eigenvalue weighted by Gasteiger charge is 2.31. The van der Waals surface area contributed by atoms with E-state index < -0.39 is 0 Å². The van der Waals surface area contributed by atoms with Crippen molar-refractivity contribution in [1.29, 1.82) is 0 Å². The maximum Gasteiger partial charge on any atom is 0.225 e. The van der Waals surface area contributed by atoms with Crippen molar-refractivity contribution in [3.63, 3.8) is 0 Å². The van der Waals surface area contributed by atoms with Crippen LogP contribution in [0.2, 0.25) is 0 Å². The lowest BCUT2D eigenvalue weighted by Crippen LogP contribution is -2.43. The van der Waals surface area contributed by atoms with E-state index in [2.05, 4.69) is 46.7 Å². The molecule has 4 nitrogen and oxygen atoms in total. The molecule has 0 unspecified atom stereocenters. The summed E-state index contributed by atoms with van der Waals surface area (Å²) in [6.07, 6.45) is 8.67. The average Bonchev–Trinajstić information content (AvgIpc) is 2.95. The normalized spacial score (nSPS) is 18.7. The quantitative estimate of drug-likeness (QED) is 0.821. The number of nitrogens with zero attached hydrogens (tertiary/aromatic N) is 3. The van der Waals surface area contributed by atoms with Gasteiger partial charge in [0.2, 0.25) is 5.91 Å². The Balaban J connectivity index is 1.36. The number of likely N-dealkylation sites (tertiary alicyclic amines) is 1. The predicted molar refractivity (Wildman–Crippen MR) is 103 cm³/mol. The summed E-state index contributed by atoms with van der Waals surface area (Å²) >= 11 is 0. The summed E-state index contributed by atoms with van der Waals surface area (Å²) in [5, 5.41) is 0. The fourth-order valence-corrected chi connectivity index (χ4v) is 4.18. The third-order valence-electron chi connectivity index (χ3n) is 6.17. The Bertz CT molecular complexity index is 740. The Labute approximate surface area is 156 Å². The standard InChI is InChI=1S/C22H29N3O/c1-17-15-23-21(25(17)16-19-6-3-2-4-7-19)14-18-10-12-24(13-11-18)22(26)20-8-5-9-20/h2-4,6-7,15,18,20H,5,8-14,16H2,1H3. The van der Waals surface area contributed by atoms with Gasteiger partial charge in [0.25, 0.3) is 0 Å². The molecule has 26 heavy (non-hydrogen) atoms. The molecule has 0 atom stereocenters. The number of imidazole rings is 1. The van der Waals surface area contributed by atoms with Crippen molar-refractivity contribution in [2.24, 2.45) is 11.8 Å². The monoisotopic (exact) mass is 351 g/mol. The summed E-state index contributed by atoms with van der Waals surface area (Å²) in [5.74, 6) is 2.57. The number of carbonyl (C=O) groups excluding carboxylic acids is 1. The first kappa shape index (κ1) is 17.3. The lowest BCUT2D eigenvalue weighted by atomic mass is 9.83. The Morgan fingerprint density at radius 1 is 1.12 bits per heavy atom. The number of aromatic nitrogens is 2. The van der Waals surface area contributed by atoms with Gasteiger partial charge in [-0.3, -0.25) is 4.79 Å². The molecule has 1 saturated carbocycles. The van der Waals surface area contributed by atoms with Crippen LogP contribution in [0.3, 0.4) is 0 Å². The van der Waals surface area contributed by atoms with Crippen LogP contribution in [-0.4, -0.2) is 33.4 Å². The van der Waals surface area contributed by atoms with E-state index in [9.17, 15) is 4.79 Å². The molecule has 1 amide bonds. The third-order valence-corrected chi connectivity index (χ3v) is 6.17. The van der Waals surface area contributed by atoms with Crippen LogP contribution in [0.1, 0.15) is 49.2 Å². The van der Waals surface area contributed by atoms with Gasteiger partial charge < -0.3 is 9.47 Å². The second-order valence-corrected chi connectivity index (χ2v) is 7.99. The molecule has 1 aromatic heterocycles. The van der Waals surface area contributed by atoms with E-state index >= 15 is 0 Å². The van der Waals surface area contributed by atoms with Crippen molar-refractivity contribution in [3.05, 3.63) is 53.6 Å². The summed E-state index contributed by atoms with van der Waals surface area (Å²) in [5.41, 5.74) is 2.54. The summed E-state index contributed by atoms with van der Waals surface area (Å²) in [4.78, 5) is 19.2. The maximum atomic E-state index is 12.4. The van der Waals surface area contributed by atoms with E-state index in [1.54, 1.807) is 0 Å². The Morgan fingerprint density at radius 3 is 2.50 bits per heavy atom. The van der Waals surface area contributed by atoms with E-state index in [0.717, 1.165) is 51.7 Å². The summed E-state index contributed by atoms with van der Waals surface area (Å²) in [6, 6.07) is 10.6. The van der Waals surface area contributed by atoms with Gasteiger partial charge in [-0.1, -0.05) is 36.8 Å². The largest absolute Gasteiger partial charge is 0.342 e. The lowest BCUT2D eigenvalue weighted by Gasteiger charge is -2.36. The van der Waals surface area contributed by atoms with E-state index in [-0.39, 0.29) is 0 Å². The molecule has 138 valence electrons. The first-order chi connectivity index (χ1) is 12.7. The number of piperidine rings is 1. The first-order valence-electron chi connectivity index (χ1n) is 10.0. The summed E-state index contributed by atoms with van der Waals surface area (Å²) < 4.78 is 2.35. The van der Waals surface area contributed by atoms with Crippen LogP contribution in [0.5, 0.6) is 0 Å². The van der Waals surface area contributed by atoms with Crippen molar-refractivity contribution in [1.82, 2.24) is 14.5 Å². The van der Waals surface area contributed by atoms with E-state index in [0.29, 0.717) is 17.7 Å². The van der Waals surface area contributed by atoms with Gasteiger partial charge in [-0.25, -0.2) is 4.98 Å². The Kier molecular flexibility index (Phi) is 5.09. The number of benzene rings is 1. The Morgan fingerprint density at radius 2 is 1.85 bits per heavy atom. The third kappa shape index (κ3) is 3.69. The number of hydrogen-bond acceptors (Lipinski definition) is 2. The number of rotatable bonds is 5. The highest BCUT2D eigenvalue weighted by Crippen LogP contribution is 2.30. The van der Waals surface area contributed by atoms with Gasteiger partial charge in [-0.2, -0.15) is 0 Å². The molecule has 0 bridgehead atoms. The SMILES string of the molecule is Cc1cnc(CC2CCN(C(=O)C3CCC3)CC2)n1Cc1ccccc1.